The molecule has 29 heavy (non-hydrogen) atoms. The number of aromatic nitrogens is 2. The van der Waals surface area contributed by atoms with Crippen LogP contribution in [-0.4, -0.2) is 14.9 Å². The molecular weight excluding hydrogens is 392 g/mol. The summed E-state index contributed by atoms with van der Waals surface area (Å²) in [6, 6.07) is 15.3. The maximum absolute atomic E-state index is 11.0. The first-order valence-electron chi connectivity index (χ1n) is 8.57. The average molecular weight is 405 g/mol. The van der Waals surface area contributed by atoms with Gasteiger partial charge in [-0.25, -0.2) is 4.98 Å². The zero-order valence-electron chi connectivity index (χ0n) is 15.1. The molecule has 0 aliphatic carbocycles. The molecule has 4 rings (SSSR count). The van der Waals surface area contributed by atoms with Crippen molar-refractivity contribution in [2.24, 2.45) is 0 Å². The SMILES string of the molecule is Cc1ccc2nc(/C(C#N)=C/c3ccc(-c4cc([N+](=O)[O-])ccc4Cl)o3)[nH]c2c1. The number of hydrogen-bond acceptors (Lipinski definition) is 5. The van der Waals surface area contributed by atoms with Crippen LogP contribution in [0.5, 0.6) is 0 Å². The first kappa shape index (κ1) is 18.5. The lowest BCUT2D eigenvalue weighted by Gasteiger charge is -2.00. The van der Waals surface area contributed by atoms with Gasteiger partial charge < -0.3 is 9.40 Å². The van der Waals surface area contributed by atoms with E-state index in [2.05, 4.69) is 16.0 Å². The van der Waals surface area contributed by atoms with Gasteiger partial charge >= 0.3 is 0 Å². The summed E-state index contributed by atoms with van der Waals surface area (Å²) in [6.07, 6.45) is 1.55. The van der Waals surface area contributed by atoms with Crippen molar-refractivity contribution in [1.82, 2.24) is 9.97 Å². The van der Waals surface area contributed by atoms with Crippen molar-refractivity contribution in [3.8, 4) is 17.4 Å². The van der Waals surface area contributed by atoms with Crippen LogP contribution >= 0.6 is 11.6 Å². The predicted molar refractivity (Wildman–Crippen MR) is 110 cm³/mol. The van der Waals surface area contributed by atoms with Crippen LogP contribution in [0, 0.1) is 28.4 Å². The Morgan fingerprint density at radius 2 is 2.10 bits per heavy atom. The Morgan fingerprint density at radius 1 is 1.28 bits per heavy atom. The molecule has 0 bridgehead atoms. The van der Waals surface area contributed by atoms with Crippen molar-refractivity contribution in [3.63, 3.8) is 0 Å². The molecule has 0 saturated carbocycles. The van der Waals surface area contributed by atoms with Crippen LogP contribution in [0.4, 0.5) is 5.69 Å². The van der Waals surface area contributed by atoms with E-state index in [4.69, 9.17) is 16.0 Å². The van der Waals surface area contributed by atoms with E-state index < -0.39 is 4.92 Å². The number of furan rings is 1. The highest BCUT2D eigenvalue weighted by atomic mass is 35.5. The molecule has 0 aliphatic heterocycles. The van der Waals surface area contributed by atoms with Crippen molar-refractivity contribution in [1.29, 1.82) is 5.26 Å². The van der Waals surface area contributed by atoms with E-state index >= 15 is 0 Å². The Hall–Kier alpha value is -3.89. The Morgan fingerprint density at radius 3 is 2.86 bits per heavy atom. The summed E-state index contributed by atoms with van der Waals surface area (Å²) in [5, 5.41) is 20.9. The number of H-pyrrole nitrogens is 1. The molecule has 0 fully saturated rings. The number of non-ortho nitro benzene ring substituents is 1. The number of halogens is 1. The Kier molecular flexibility index (Phi) is 4.63. The molecule has 0 amide bonds. The summed E-state index contributed by atoms with van der Waals surface area (Å²) in [4.78, 5) is 18.1. The van der Waals surface area contributed by atoms with Crippen LogP contribution < -0.4 is 0 Å². The van der Waals surface area contributed by atoms with Gasteiger partial charge in [-0.2, -0.15) is 5.26 Å². The third-order valence-corrected chi connectivity index (χ3v) is 4.68. The van der Waals surface area contributed by atoms with Crippen LogP contribution in [0.25, 0.3) is 34.0 Å². The number of nitriles is 1. The number of nitro benzene ring substituents is 1. The zero-order chi connectivity index (χ0) is 20.5. The van der Waals surface area contributed by atoms with Crippen molar-refractivity contribution < 1.29 is 9.34 Å². The number of nitrogens with one attached hydrogen (secondary N) is 1. The number of nitro groups is 1. The average Bonchev–Trinajstić information content (AvgIpc) is 3.32. The van der Waals surface area contributed by atoms with E-state index in [9.17, 15) is 15.4 Å². The normalized spacial score (nSPS) is 11.6. The molecule has 0 radical (unpaired) electrons. The summed E-state index contributed by atoms with van der Waals surface area (Å²) in [7, 11) is 0. The summed E-state index contributed by atoms with van der Waals surface area (Å²) in [5.74, 6) is 1.19. The van der Waals surface area contributed by atoms with Crippen LogP contribution in [0.1, 0.15) is 17.1 Å². The van der Waals surface area contributed by atoms with Gasteiger partial charge in [0.25, 0.3) is 5.69 Å². The fraction of sp³-hybridized carbons (Fsp3) is 0.0476. The topological polar surface area (TPSA) is 109 Å². The highest BCUT2D eigenvalue weighted by Crippen LogP contribution is 2.33. The van der Waals surface area contributed by atoms with E-state index in [1.165, 1.54) is 18.2 Å². The molecule has 2 aromatic carbocycles. The van der Waals surface area contributed by atoms with E-state index in [0.29, 0.717) is 33.5 Å². The summed E-state index contributed by atoms with van der Waals surface area (Å²) in [5.41, 5.74) is 3.29. The first-order valence-corrected chi connectivity index (χ1v) is 8.95. The Labute approximate surface area is 170 Å². The first-order chi connectivity index (χ1) is 13.9. The van der Waals surface area contributed by atoms with Crippen molar-refractivity contribution in [2.75, 3.05) is 0 Å². The number of allylic oxidation sites excluding steroid dienone is 1. The second-order valence-electron chi connectivity index (χ2n) is 6.40. The molecule has 4 aromatic rings. The van der Waals surface area contributed by atoms with Crippen molar-refractivity contribution in [2.45, 2.75) is 6.92 Å². The minimum Gasteiger partial charge on any atom is -0.457 e. The van der Waals surface area contributed by atoms with Crippen LogP contribution in [0.3, 0.4) is 0 Å². The Bertz CT molecular complexity index is 1330. The van der Waals surface area contributed by atoms with E-state index in [1.54, 1.807) is 18.2 Å². The van der Waals surface area contributed by atoms with Crippen LogP contribution in [-0.2, 0) is 0 Å². The molecule has 2 heterocycles. The van der Waals surface area contributed by atoms with Gasteiger partial charge in [-0.3, -0.25) is 10.1 Å². The highest BCUT2D eigenvalue weighted by molar-refractivity contribution is 6.33. The van der Waals surface area contributed by atoms with Gasteiger partial charge in [0.2, 0.25) is 0 Å². The lowest BCUT2D eigenvalue weighted by molar-refractivity contribution is -0.384. The number of aryl methyl sites for hydroxylation is 1. The zero-order valence-corrected chi connectivity index (χ0v) is 15.9. The smallest absolute Gasteiger partial charge is 0.270 e. The maximum Gasteiger partial charge on any atom is 0.270 e. The quantitative estimate of drug-likeness (QED) is 0.264. The molecular formula is C21H13ClN4O3. The van der Waals surface area contributed by atoms with Gasteiger partial charge in [0, 0.05) is 23.8 Å². The second kappa shape index (κ2) is 7.26. The minimum absolute atomic E-state index is 0.0897. The number of rotatable bonds is 4. The predicted octanol–water partition coefficient (Wildman–Crippen LogP) is 5.76. The fourth-order valence-corrected chi connectivity index (χ4v) is 3.15. The maximum atomic E-state index is 11.0. The van der Waals surface area contributed by atoms with E-state index in [0.717, 1.165) is 16.6 Å². The number of imidazole rings is 1. The molecule has 7 nitrogen and oxygen atoms in total. The van der Waals surface area contributed by atoms with Gasteiger partial charge in [-0.05, 0) is 42.8 Å². The molecule has 8 heteroatoms. The molecule has 2 aromatic heterocycles. The summed E-state index contributed by atoms with van der Waals surface area (Å²) >= 11 is 6.17. The number of hydrogen-bond donors (Lipinski definition) is 1. The van der Waals surface area contributed by atoms with Crippen molar-refractivity contribution in [3.05, 3.63) is 80.8 Å². The van der Waals surface area contributed by atoms with E-state index in [-0.39, 0.29) is 5.69 Å². The number of fused-ring (bicyclic) bond motifs is 1. The lowest BCUT2D eigenvalue weighted by atomic mass is 10.1. The number of nitrogens with zero attached hydrogens (tertiary/aromatic N) is 3. The van der Waals surface area contributed by atoms with E-state index in [1.807, 2.05) is 25.1 Å². The molecule has 0 saturated heterocycles. The third kappa shape index (κ3) is 3.61. The van der Waals surface area contributed by atoms with Gasteiger partial charge in [0.05, 0.1) is 26.6 Å². The van der Waals surface area contributed by atoms with Gasteiger partial charge in [-0.15, -0.1) is 0 Å². The lowest BCUT2D eigenvalue weighted by Crippen LogP contribution is -1.88. The summed E-state index contributed by atoms with van der Waals surface area (Å²) in [6.45, 7) is 1.98. The van der Waals surface area contributed by atoms with Crippen LogP contribution in [0.2, 0.25) is 5.02 Å². The highest BCUT2D eigenvalue weighted by Gasteiger charge is 2.15. The molecule has 0 atom stereocenters. The molecule has 142 valence electrons. The molecule has 0 aliphatic rings. The van der Waals surface area contributed by atoms with Crippen LogP contribution in [0.15, 0.2) is 52.9 Å². The monoisotopic (exact) mass is 404 g/mol. The standard InChI is InChI=1S/C21H13ClN4O3/c1-12-2-6-18-19(8-12)25-21(24-18)13(11-23)9-15-4-7-20(29-15)16-10-14(26(27)28)3-5-17(16)22/h2-10H,1H3,(H,24,25)/b13-9+. The largest absolute Gasteiger partial charge is 0.457 e. The number of aromatic amines is 1. The molecule has 1 N–H and O–H groups in total. The Balaban J connectivity index is 1.71. The van der Waals surface area contributed by atoms with Crippen molar-refractivity contribution >= 4 is 40.0 Å². The third-order valence-electron chi connectivity index (χ3n) is 4.35. The molecule has 0 unspecified atom stereocenters. The van der Waals surface area contributed by atoms with Gasteiger partial charge in [0.15, 0.2) is 0 Å². The number of benzene rings is 2. The fourth-order valence-electron chi connectivity index (χ4n) is 2.94. The summed E-state index contributed by atoms with van der Waals surface area (Å²) < 4.78 is 5.76. The molecule has 0 spiro atoms. The van der Waals surface area contributed by atoms with Gasteiger partial charge in [0.1, 0.15) is 23.4 Å². The second-order valence-corrected chi connectivity index (χ2v) is 6.81. The van der Waals surface area contributed by atoms with Gasteiger partial charge in [-0.1, -0.05) is 17.7 Å². The minimum atomic E-state index is -0.499.